The highest BCUT2D eigenvalue weighted by Crippen LogP contribution is 2.21. The van der Waals surface area contributed by atoms with E-state index in [0.717, 1.165) is 0 Å². The third-order valence-corrected chi connectivity index (χ3v) is 2.80. The Kier molecular flexibility index (Phi) is 5.76. The van der Waals surface area contributed by atoms with E-state index in [1.54, 1.807) is 24.1 Å². The fourth-order valence-electron chi connectivity index (χ4n) is 1.78. The van der Waals surface area contributed by atoms with Crippen molar-refractivity contribution in [3.8, 4) is 0 Å². The lowest BCUT2D eigenvalue weighted by molar-refractivity contribution is -0.119. The normalized spacial score (nSPS) is 10.6. The standard InChI is InChI=1S/C14H22FN3O/c1-10(2)8-17-14(19)9-18(3)13-6-4-5-12(15)11(13)7-16/h4-6,10H,7-9,16H2,1-3H3,(H,17,19). The fraction of sp³-hybridized carbons (Fsp3) is 0.500. The van der Waals surface area contributed by atoms with E-state index >= 15 is 0 Å². The number of amides is 1. The highest BCUT2D eigenvalue weighted by Gasteiger charge is 2.13. The molecule has 0 radical (unpaired) electrons. The van der Waals surface area contributed by atoms with Gasteiger partial charge in [-0.15, -0.1) is 0 Å². The summed E-state index contributed by atoms with van der Waals surface area (Å²) in [6.07, 6.45) is 0. The van der Waals surface area contributed by atoms with E-state index < -0.39 is 0 Å². The smallest absolute Gasteiger partial charge is 0.239 e. The lowest BCUT2D eigenvalue weighted by Crippen LogP contribution is -2.37. The summed E-state index contributed by atoms with van der Waals surface area (Å²) in [6, 6.07) is 4.76. The SMILES string of the molecule is CC(C)CNC(=O)CN(C)c1cccc(F)c1CN. The van der Waals surface area contributed by atoms with Gasteiger partial charge in [0.1, 0.15) is 5.82 Å². The summed E-state index contributed by atoms with van der Waals surface area (Å²) in [6.45, 7) is 4.99. The van der Waals surface area contributed by atoms with Crippen molar-refractivity contribution in [1.82, 2.24) is 5.32 Å². The molecule has 0 atom stereocenters. The van der Waals surface area contributed by atoms with Crippen LogP contribution < -0.4 is 16.0 Å². The molecule has 1 aromatic carbocycles. The lowest BCUT2D eigenvalue weighted by Gasteiger charge is -2.22. The summed E-state index contributed by atoms with van der Waals surface area (Å²) in [5, 5.41) is 2.83. The molecule has 0 heterocycles. The zero-order chi connectivity index (χ0) is 14.4. The number of nitrogens with two attached hydrogens (primary N) is 1. The van der Waals surface area contributed by atoms with Crippen molar-refractivity contribution in [3.63, 3.8) is 0 Å². The predicted octanol–water partition coefficient (Wildman–Crippen LogP) is 1.49. The van der Waals surface area contributed by atoms with Crippen LogP contribution in [0.4, 0.5) is 10.1 Å². The monoisotopic (exact) mass is 267 g/mol. The molecule has 0 aliphatic heterocycles. The van der Waals surface area contributed by atoms with Crippen LogP contribution in [0.15, 0.2) is 18.2 Å². The predicted molar refractivity (Wildman–Crippen MR) is 75.4 cm³/mol. The molecule has 106 valence electrons. The number of nitrogens with one attached hydrogen (secondary N) is 1. The molecule has 0 unspecified atom stereocenters. The third-order valence-electron chi connectivity index (χ3n) is 2.80. The van der Waals surface area contributed by atoms with Gasteiger partial charge in [-0.25, -0.2) is 4.39 Å². The van der Waals surface area contributed by atoms with Crippen molar-refractivity contribution >= 4 is 11.6 Å². The summed E-state index contributed by atoms with van der Waals surface area (Å²) < 4.78 is 13.6. The summed E-state index contributed by atoms with van der Waals surface area (Å²) in [5.74, 6) is -0.0131. The number of rotatable bonds is 6. The summed E-state index contributed by atoms with van der Waals surface area (Å²) in [7, 11) is 1.75. The number of halogens is 1. The van der Waals surface area contributed by atoms with Crippen LogP contribution in [-0.4, -0.2) is 26.0 Å². The zero-order valence-corrected chi connectivity index (χ0v) is 11.7. The van der Waals surface area contributed by atoms with E-state index in [1.165, 1.54) is 6.07 Å². The maximum Gasteiger partial charge on any atom is 0.239 e. The van der Waals surface area contributed by atoms with E-state index in [4.69, 9.17) is 5.73 Å². The molecule has 0 fully saturated rings. The average Bonchev–Trinajstić information content (AvgIpc) is 2.36. The van der Waals surface area contributed by atoms with Crippen molar-refractivity contribution in [2.45, 2.75) is 20.4 Å². The van der Waals surface area contributed by atoms with Crippen molar-refractivity contribution in [2.75, 3.05) is 25.0 Å². The van der Waals surface area contributed by atoms with Gasteiger partial charge >= 0.3 is 0 Å². The largest absolute Gasteiger partial charge is 0.365 e. The Morgan fingerprint density at radius 2 is 2.16 bits per heavy atom. The Morgan fingerprint density at radius 3 is 2.74 bits per heavy atom. The van der Waals surface area contributed by atoms with Crippen LogP contribution in [0.2, 0.25) is 0 Å². The number of carbonyl (C=O) groups excluding carboxylic acids is 1. The second-order valence-electron chi connectivity index (χ2n) is 5.00. The first-order valence-electron chi connectivity index (χ1n) is 6.41. The molecule has 0 spiro atoms. The molecule has 0 saturated carbocycles. The molecule has 3 N–H and O–H groups in total. The fourth-order valence-corrected chi connectivity index (χ4v) is 1.78. The Morgan fingerprint density at radius 1 is 1.47 bits per heavy atom. The van der Waals surface area contributed by atoms with Crippen molar-refractivity contribution < 1.29 is 9.18 Å². The minimum absolute atomic E-state index is 0.0802. The van der Waals surface area contributed by atoms with Crippen LogP contribution in [0.5, 0.6) is 0 Å². The molecule has 0 aromatic heterocycles. The molecule has 0 bridgehead atoms. The molecule has 4 nitrogen and oxygen atoms in total. The van der Waals surface area contributed by atoms with E-state index in [0.29, 0.717) is 23.7 Å². The van der Waals surface area contributed by atoms with Crippen LogP contribution in [0, 0.1) is 11.7 Å². The van der Waals surface area contributed by atoms with Gasteiger partial charge in [-0.05, 0) is 18.1 Å². The zero-order valence-electron chi connectivity index (χ0n) is 11.7. The van der Waals surface area contributed by atoms with Crippen molar-refractivity contribution in [1.29, 1.82) is 0 Å². The van der Waals surface area contributed by atoms with Crippen LogP contribution >= 0.6 is 0 Å². The second kappa shape index (κ2) is 7.09. The van der Waals surface area contributed by atoms with Crippen molar-refractivity contribution in [3.05, 3.63) is 29.6 Å². The maximum absolute atomic E-state index is 13.6. The minimum Gasteiger partial charge on any atom is -0.365 e. The first-order chi connectivity index (χ1) is 8.95. The molecule has 5 heteroatoms. The highest BCUT2D eigenvalue weighted by atomic mass is 19.1. The molecule has 0 aliphatic rings. The minimum atomic E-state index is -0.338. The van der Waals surface area contributed by atoms with Gasteiger partial charge in [-0.3, -0.25) is 4.79 Å². The quantitative estimate of drug-likeness (QED) is 0.821. The Hall–Kier alpha value is -1.62. The summed E-state index contributed by atoms with van der Waals surface area (Å²) in [4.78, 5) is 13.4. The van der Waals surface area contributed by atoms with Crippen LogP contribution in [0.3, 0.4) is 0 Å². The molecule has 19 heavy (non-hydrogen) atoms. The van der Waals surface area contributed by atoms with Gasteiger partial charge in [0.05, 0.1) is 6.54 Å². The number of benzene rings is 1. The Balaban J connectivity index is 2.70. The summed E-state index contributed by atoms with van der Waals surface area (Å²) in [5.41, 5.74) is 6.64. The topological polar surface area (TPSA) is 58.4 Å². The van der Waals surface area contributed by atoms with Gasteiger partial charge < -0.3 is 16.0 Å². The van der Waals surface area contributed by atoms with Gasteiger partial charge in [0.25, 0.3) is 0 Å². The molecular formula is C14H22FN3O. The van der Waals surface area contributed by atoms with Gasteiger partial charge in [-0.1, -0.05) is 19.9 Å². The van der Waals surface area contributed by atoms with Crippen LogP contribution in [0.25, 0.3) is 0 Å². The van der Waals surface area contributed by atoms with Gasteiger partial charge in [0.2, 0.25) is 5.91 Å². The number of likely N-dealkylation sites (N-methyl/N-ethyl adjacent to an activating group) is 1. The molecular weight excluding hydrogens is 245 g/mol. The summed E-state index contributed by atoms with van der Waals surface area (Å²) >= 11 is 0. The molecule has 0 aliphatic carbocycles. The first kappa shape index (κ1) is 15.4. The molecule has 0 saturated heterocycles. The van der Waals surface area contributed by atoms with Gasteiger partial charge in [0, 0.05) is 31.4 Å². The molecule has 1 rings (SSSR count). The first-order valence-corrected chi connectivity index (χ1v) is 6.41. The third kappa shape index (κ3) is 4.52. The second-order valence-corrected chi connectivity index (χ2v) is 5.00. The van der Waals surface area contributed by atoms with E-state index in [-0.39, 0.29) is 24.8 Å². The molecule has 1 aromatic rings. The molecule has 1 amide bonds. The van der Waals surface area contributed by atoms with E-state index in [2.05, 4.69) is 5.32 Å². The van der Waals surface area contributed by atoms with Crippen molar-refractivity contribution in [2.24, 2.45) is 11.7 Å². The highest BCUT2D eigenvalue weighted by molar-refractivity contribution is 5.81. The lowest BCUT2D eigenvalue weighted by atomic mass is 10.1. The Bertz CT molecular complexity index is 435. The number of hydrogen-bond acceptors (Lipinski definition) is 3. The van der Waals surface area contributed by atoms with Gasteiger partial charge in [0.15, 0.2) is 0 Å². The number of hydrogen-bond donors (Lipinski definition) is 2. The number of anilines is 1. The Labute approximate surface area is 113 Å². The van der Waals surface area contributed by atoms with E-state index in [1.807, 2.05) is 13.8 Å². The average molecular weight is 267 g/mol. The van der Waals surface area contributed by atoms with Gasteiger partial charge in [-0.2, -0.15) is 0 Å². The maximum atomic E-state index is 13.6. The van der Waals surface area contributed by atoms with Crippen LogP contribution in [0.1, 0.15) is 19.4 Å². The van der Waals surface area contributed by atoms with E-state index in [9.17, 15) is 9.18 Å². The number of carbonyl (C=O) groups is 1. The van der Waals surface area contributed by atoms with Crippen LogP contribution in [-0.2, 0) is 11.3 Å². The number of nitrogens with zero attached hydrogens (tertiary/aromatic N) is 1.